The van der Waals surface area contributed by atoms with Crippen LogP contribution in [0.25, 0.3) is 16.6 Å². The van der Waals surface area contributed by atoms with Crippen LogP contribution in [0, 0.1) is 11.3 Å². The van der Waals surface area contributed by atoms with Crippen molar-refractivity contribution < 1.29 is 9.53 Å². The maximum Gasteiger partial charge on any atom is 0.237 e. The first-order chi connectivity index (χ1) is 16.4. The molecule has 0 saturated carbocycles. The number of nitrogens with one attached hydrogen (secondary N) is 1. The van der Waals surface area contributed by atoms with Crippen LogP contribution in [0.4, 0.5) is 5.82 Å². The van der Waals surface area contributed by atoms with Gasteiger partial charge in [0.15, 0.2) is 0 Å². The lowest BCUT2D eigenvalue weighted by Gasteiger charge is -2.41. The lowest BCUT2D eigenvalue weighted by atomic mass is 9.89. The van der Waals surface area contributed by atoms with E-state index in [-0.39, 0.29) is 36.3 Å². The van der Waals surface area contributed by atoms with E-state index in [2.05, 4.69) is 28.3 Å². The minimum Gasteiger partial charge on any atom is -0.492 e. The second-order valence-electron chi connectivity index (χ2n) is 8.94. The van der Waals surface area contributed by atoms with Crippen molar-refractivity contribution in [1.29, 1.82) is 5.26 Å². The Kier molecular flexibility index (Phi) is 9.93. The molecule has 0 aliphatic carbocycles. The normalized spacial score (nSPS) is 15.2. The zero-order valence-electron chi connectivity index (χ0n) is 20.7. The molecule has 1 aliphatic heterocycles. The standard InChI is InChI=1S/C25H31N7O2.2ClH/c1-4-21(27)24(33)30-25(3)8-10-31(11-9-25)22-7-6-17(14-28-22)20-12-19(34-5-2)16-32-23(20)18(13-26)15-29-32;;/h6-7,12,14-16,21H,4-5,8-11,27H2,1-3H3,(H,30,33);2*1H. The number of nitrogens with zero attached hydrogens (tertiary/aromatic N) is 5. The monoisotopic (exact) mass is 533 g/mol. The summed E-state index contributed by atoms with van der Waals surface area (Å²) in [4.78, 5) is 19.2. The van der Waals surface area contributed by atoms with Crippen molar-refractivity contribution in [3.8, 4) is 22.9 Å². The van der Waals surface area contributed by atoms with Crippen LogP contribution < -0.4 is 20.7 Å². The van der Waals surface area contributed by atoms with Gasteiger partial charge in [0.25, 0.3) is 0 Å². The SMILES string of the molecule is CCOc1cc(-c2ccc(N3CCC(C)(NC(=O)C(N)CC)CC3)nc2)c2c(C#N)cnn2c1.Cl.Cl. The van der Waals surface area contributed by atoms with Crippen molar-refractivity contribution in [1.82, 2.24) is 19.9 Å². The molecular formula is C25H33Cl2N7O2. The number of aromatic nitrogens is 3. The Labute approximate surface area is 223 Å². The summed E-state index contributed by atoms with van der Waals surface area (Å²) in [5.74, 6) is 1.48. The Bertz CT molecular complexity index is 1220. The van der Waals surface area contributed by atoms with E-state index in [1.807, 2.05) is 38.2 Å². The van der Waals surface area contributed by atoms with E-state index in [0.717, 1.165) is 48.4 Å². The molecule has 194 valence electrons. The zero-order chi connectivity index (χ0) is 24.3. The number of anilines is 1. The van der Waals surface area contributed by atoms with Gasteiger partial charge in [0.1, 0.15) is 17.6 Å². The van der Waals surface area contributed by atoms with Gasteiger partial charge in [-0.05, 0) is 51.3 Å². The summed E-state index contributed by atoms with van der Waals surface area (Å²) in [7, 11) is 0. The fraction of sp³-hybridized carbons (Fsp3) is 0.440. The van der Waals surface area contributed by atoms with Gasteiger partial charge < -0.3 is 20.7 Å². The van der Waals surface area contributed by atoms with Crippen molar-refractivity contribution in [2.24, 2.45) is 5.73 Å². The van der Waals surface area contributed by atoms with Crippen molar-refractivity contribution in [3.63, 3.8) is 0 Å². The molecule has 1 unspecified atom stereocenters. The molecule has 1 aliphatic rings. The molecule has 3 aromatic heterocycles. The van der Waals surface area contributed by atoms with Crippen LogP contribution >= 0.6 is 24.8 Å². The highest BCUT2D eigenvalue weighted by Crippen LogP contribution is 2.32. The summed E-state index contributed by atoms with van der Waals surface area (Å²) < 4.78 is 7.37. The molecule has 9 nitrogen and oxygen atoms in total. The molecule has 0 spiro atoms. The molecule has 1 fully saturated rings. The maximum absolute atomic E-state index is 12.3. The number of nitriles is 1. The number of rotatable bonds is 7. The lowest BCUT2D eigenvalue weighted by molar-refractivity contribution is -0.124. The van der Waals surface area contributed by atoms with Crippen LogP contribution in [-0.4, -0.2) is 51.8 Å². The van der Waals surface area contributed by atoms with Gasteiger partial charge >= 0.3 is 0 Å². The van der Waals surface area contributed by atoms with E-state index in [1.165, 1.54) is 0 Å². The molecular weight excluding hydrogens is 501 g/mol. The number of carbonyl (C=O) groups excluding carboxylic acids is 1. The second kappa shape index (κ2) is 12.3. The van der Waals surface area contributed by atoms with Crippen LogP contribution in [0.5, 0.6) is 5.75 Å². The van der Waals surface area contributed by atoms with Crippen LogP contribution in [0.15, 0.2) is 36.8 Å². The largest absolute Gasteiger partial charge is 0.492 e. The third-order valence-electron chi connectivity index (χ3n) is 6.47. The average molecular weight is 534 g/mol. The van der Waals surface area contributed by atoms with Crippen LogP contribution in [-0.2, 0) is 4.79 Å². The predicted molar refractivity (Wildman–Crippen MR) is 145 cm³/mol. The van der Waals surface area contributed by atoms with E-state index in [1.54, 1.807) is 16.9 Å². The summed E-state index contributed by atoms with van der Waals surface area (Å²) in [6, 6.07) is 7.68. The van der Waals surface area contributed by atoms with E-state index in [4.69, 9.17) is 15.5 Å². The molecule has 36 heavy (non-hydrogen) atoms. The van der Waals surface area contributed by atoms with Crippen LogP contribution in [0.3, 0.4) is 0 Å². The lowest BCUT2D eigenvalue weighted by Crippen LogP contribution is -2.56. The number of fused-ring (bicyclic) bond motifs is 1. The second-order valence-corrected chi connectivity index (χ2v) is 8.94. The van der Waals surface area contributed by atoms with E-state index in [0.29, 0.717) is 24.3 Å². The minimum absolute atomic E-state index is 0. The number of amides is 1. The predicted octanol–water partition coefficient (Wildman–Crippen LogP) is 3.72. The summed E-state index contributed by atoms with van der Waals surface area (Å²) in [6.07, 6.45) is 7.42. The van der Waals surface area contributed by atoms with Gasteiger partial charge in [0.05, 0.1) is 36.1 Å². The van der Waals surface area contributed by atoms with Gasteiger partial charge in [-0.25, -0.2) is 9.50 Å². The summed E-state index contributed by atoms with van der Waals surface area (Å²) >= 11 is 0. The van der Waals surface area contributed by atoms with Gasteiger partial charge in [0.2, 0.25) is 5.91 Å². The van der Waals surface area contributed by atoms with Gasteiger partial charge in [-0.3, -0.25) is 4.79 Å². The van der Waals surface area contributed by atoms with E-state index >= 15 is 0 Å². The van der Waals surface area contributed by atoms with Crippen molar-refractivity contribution in [2.45, 2.75) is 51.6 Å². The molecule has 4 rings (SSSR count). The van der Waals surface area contributed by atoms with Crippen LogP contribution in [0.1, 0.15) is 45.6 Å². The van der Waals surface area contributed by atoms with Crippen molar-refractivity contribution >= 4 is 42.1 Å². The Balaban J connectivity index is 0.00000228. The number of pyridine rings is 2. The molecule has 1 saturated heterocycles. The Morgan fingerprint density at radius 1 is 1.28 bits per heavy atom. The quantitative estimate of drug-likeness (QED) is 0.474. The molecule has 4 heterocycles. The number of halogens is 2. The fourth-order valence-electron chi connectivity index (χ4n) is 4.31. The summed E-state index contributed by atoms with van der Waals surface area (Å²) in [6.45, 7) is 8.03. The molecule has 0 aromatic carbocycles. The first-order valence-corrected chi connectivity index (χ1v) is 11.7. The number of nitrogens with two attached hydrogens (primary N) is 1. The van der Waals surface area contributed by atoms with Crippen LogP contribution in [0.2, 0.25) is 0 Å². The van der Waals surface area contributed by atoms with E-state index in [9.17, 15) is 10.1 Å². The molecule has 1 atom stereocenters. The van der Waals surface area contributed by atoms with Crippen molar-refractivity contribution in [3.05, 3.63) is 42.4 Å². The third kappa shape index (κ3) is 6.01. The summed E-state index contributed by atoms with van der Waals surface area (Å²) in [5, 5.41) is 17.0. The molecule has 1 amide bonds. The Hall–Kier alpha value is -3.06. The molecule has 11 heteroatoms. The highest BCUT2D eigenvalue weighted by molar-refractivity contribution is 5.86. The highest BCUT2D eigenvalue weighted by atomic mass is 35.5. The van der Waals surface area contributed by atoms with Gasteiger partial charge in [0, 0.05) is 36.0 Å². The first-order valence-electron chi connectivity index (χ1n) is 11.7. The number of hydrogen-bond donors (Lipinski definition) is 2. The number of ether oxygens (including phenoxy) is 1. The third-order valence-corrected chi connectivity index (χ3v) is 6.47. The average Bonchev–Trinajstić information content (AvgIpc) is 3.27. The molecule has 0 radical (unpaired) electrons. The smallest absolute Gasteiger partial charge is 0.237 e. The summed E-state index contributed by atoms with van der Waals surface area (Å²) in [5.41, 5.74) is 8.58. The minimum atomic E-state index is -0.464. The van der Waals surface area contributed by atoms with Crippen molar-refractivity contribution in [2.75, 3.05) is 24.6 Å². The Morgan fingerprint density at radius 3 is 2.58 bits per heavy atom. The molecule has 0 bridgehead atoms. The van der Waals surface area contributed by atoms with Gasteiger partial charge in [-0.1, -0.05) is 6.92 Å². The number of piperidine rings is 1. The molecule has 3 aromatic rings. The fourth-order valence-corrected chi connectivity index (χ4v) is 4.31. The highest BCUT2D eigenvalue weighted by Gasteiger charge is 2.33. The maximum atomic E-state index is 12.3. The van der Waals surface area contributed by atoms with Gasteiger partial charge in [-0.15, -0.1) is 24.8 Å². The zero-order valence-corrected chi connectivity index (χ0v) is 22.4. The molecule has 3 N–H and O–H groups in total. The van der Waals surface area contributed by atoms with Gasteiger partial charge in [-0.2, -0.15) is 10.4 Å². The topological polar surface area (TPSA) is 122 Å². The van der Waals surface area contributed by atoms with E-state index < -0.39 is 6.04 Å². The first kappa shape index (κ1) is 29.2. The number of hydrogen-bond acceptors (Lipinski definition) is 7. The Morgan fingerprint density at radius 2 is 2.00 bits per heavy atom. The number of carbonyl (C=O) groups is 1.